The quantitative estimate of drug-likeness (QED) is 0.593. The van der Waals surface area contributed by atoms with Crippen molar-refractivity contribution in [2.75, 3.05) is 6.61 Å². The Hall–Kier alpha value is -3.38. The van der Waals surface area contributed by atoms with Crippen LogP contribution in [0.5, 0.6) is 0 Å². The summed E-state index contributed by atoms with van der Waals surface area (Å²) < 4.78 is 19.6. The lowest BCUT2D eigenvalue weighted by molar-refractivity contribution is -0.139. The Morgan fingerprint density at radius 3 is 2.20 bits per heavy atom. The molecule has 30 heavy (non-hydrogen) atoms. The molecule has 152 valence electrons. The first-order valence-electron chi connectivity index (χ1n) is 9.25. The predicted molar refractivity (Wildman–Crippen MR) is 110 cm³/mol. The maximum absolute atomic E-state index is 14.2. The van der Waals surface area contributed by atoms with E-state index in [2.05, 4.69) is 5.32 Å². The lowest BCUT2D eigenvalue weighted by atomic mass is 9.98. The first-order valence-corrected chi connectivity index (χ1v) is 9.63. The number of amides is 1. The number of hydrogen-bond donors (Lipinski definition) is 2. The third kappa shape index (κ3) is 3.62. The summed E-state index contributed by atoms with van der Waals surface area (Å²) >= 11 is 5.73. The molecular weight excluding hydrogens is 409 g/mol. The second kappa shape index (κ2) is 8.16. The van der Waals surface area contributed by atoms with E-state index in [0.717, 1.165) is 22.3 Å². The highest BCUT2D eigenvalue weighted by Crippen LogP contribution is 2.44. The Morgan fingerprint density at radius 1 is 1.00 bits per heavy atom. The standard InChI is InChI=1S/C23H17ClFNO4/c24-19-11-5-10-17(20(19)25)21(22(27)28)26-23(29)30-12-18-15-8-3-1-6-13(15)14-7-2-4-9-16(14)18/h1-11,18,21H,12H2,(H,26,29)(H,27,28). The molecule has 1 aliphatic carbocycles. The molecule has 0 saturated heterocycles. The first kappa shape index (κ1) is 19.9. The number of halogens is 2. The number of nitrogens with one attached hydrogen (secondary N) is 1. The average Bonchev–Trinajstić information content (AvgIpc) is 3.06. The minimum absolute atomic E-state index is 0.0181. The zero-order valence-corrected chi connectivity index (χ0v) is 16.4. The summed E-state index contributed by atoms with van der Waals surface area (Å²) in [6.07, 6.45) is -0.955. The van der Waals surface area contributed by atoms with E-state index in [1.54, 1.807) is 0 Å². The summed E-state index contributed by atoms with van der Waals surface area (Å²) in [7, 11) is 0. The predicted octanol–water partition coefficient (Wildman–Crippen LogP) is 5.14. The van der Waals surface area contributed by atoms with E-state index in [9.17, 15) is 19.1 Å². The molecule has 0 bridgehead atoms. The van der Waals surface area contributed by atoms with Gasteiger partial charge in [-0.2, -0.15) is 0 Å². The zero-order chi connectivity index (χ0) is 21.3. The maximum atomic E-state index is 14.2. The highest BCUT2D eigenvalue weighted by molar-refractivity contribution is 6.30. The number of carbonyl (C=O) groups excluding carboxylic acids is 1. The van der Waals surface area contributed by atoms with Crippen molar-refractivity contribution in [1.82, 2.24) is 5.32 Å². The molecule has 0 saturated carbocycles. The molecule has 7 heteroatoms. The second-order valence-electron chi connectivity index (χ2n) is 6.88. The van der Waals surface area contributed by atoms with Crippen LogP contribution in [0.15, 0.2) is 66.7 Å². The minimum Gasteiger partial charge on any atom is -0.479 e. The van der Waals surface area contributed by atoms with Crippen LogP contribution in [-0.4, -0.2) is 23.8 Å². The fourth-order valence-corrected chi connectivity index (χ4v) is 3.96. The minimum atomic E-state index is -1.63. The first-order chi connectivity index (χ1) is 14.5. The Labute approximate surface area is 177 Å². The van der Waals surface area contributed by atoms with Gasteiger partial charge in [0, 0.05) is 11.5 Å². The van der Waals surface area contributed by atoms with Crippen LogP contribution in [0.2, 0.25) is 5.02 Å². The number of ether oxygens (including phenoxy) is 1. The van der Waals surface area contributed by atoms with Gasteiger partial charge in [0.15, 0.2) is 6.04 Å². The molecule has 5 nitrogen and oxygen atoms in total. The van der Waals surface area contributed by atoms with Crippen LogP contribution in [0, 0.1) is 5.82 Å². The van der Waals surface area contributed by atoms with Gasteiger partial charge in [-0.05, 0) is 28.3 Å². The van der Waals surface area contributed by atoms with E-state index in [1.165, 1.54) is 18.2 Å². The molecule has 0 aliphatic heterocycles. The van der Waals surface area contributed by atoms with Gasteiger partial charge in [0.25, 0.3) is 0 Å². The molecule has 1 unspecified atom stereocenters. The highest BCUT2D eigenvalue weighted by Gasteiger charge is 2.30. The molecule has 0 aromatic heterocycles. The van der Waals surface area contributed by atoms with Crippen LogP contribution in [0.4, 0.5) is 9.18 Å². The normalized spacial score (nSPS) is 13.3. The molecule has 0 fully saturated rings. The van der Waals surface area contributed by atoms with Crippen LogP contribution in [-0.2, 0) is 9.53 Å². The summed E-state index contributed by atoms with van der Waals surface area (Å²) in [5, 5.41) is 11.4. The number of carboxylic acid groups (broad SMARTS) is 1. The van der Waals surface area contributed by atoms with Crippen molar-refractivity contribution in [3.63, 3.8) is 0 Å². The molecule has 1 atom stereocenters. The molecular formula is C23H17ClFNO4. The monoisotopic (exact) mass is 425 g/mol. The van der Waals surface area contributed by atoms with E-state index < -0.39 is 23.9 Å². The number of carbonyl (C=O) groups is 2. The Morgan fingerprint density at radius 2 is 1.60 bits per heavy atom. The van der Waals surface area contributed by atoms with Gasteiger partial charge in [-0.3, -0.25) is 0 Å². The van der Waals surface area contributed by atoms with Crippen LogP contribution >= 0.6 is 11.6 Å². The Kier molecular flexibility index (Phi) is 5.42. The van der Waals surface area contributed by atoms with Crippen molar-refractivity contribution >= 4 is 23.7 Å². The number of alkyl carbamates (subject to hydrolysis) is 1. The van der Waals surface area contributed by atoms with Gasteiger partial charge in [0.2, 0.25) is 0 Å². The number of benzene rings is 3. The van der Waals surface area contributed by atoms with E-state index in [0.29, 0.717) is 0 Å². The topological polar surface area (TPSA) is 75.6 Å². The lowest BCUT2D eigenvalue weighted by Gasteiger charge is -2.18. The molecule has 3 aromatic carbocycles. The van der Waals surface area contributed by atoms with E-state index >= 15 is 0 Å². The lowest BCUT2D eigenvalue weighted by Crippen LogP contribution is -2.35. The summed E-state index contributed by atoms with van der Waals surface area (Å²) in [6, 6.07) is 18.0. The van der Waals surface area contributed by atoms with Crippen molar-refractivity contribution in [2.24, 2.45) is 0 Å². The molecule has 1 amide bonds. The fraction of sp³-hybridized carbons (Fsp3) is 0.130. The van der Waals surface area contributed by atoms with Crippen LogP contribution < -0.4 is 5.32 Å². The van der Waals surface area contributed by atoms with Crippen molar-refractivity contribution in [1.29, 1.82) is 0 Å². The Bertz CT molecular complexity index is 1090. The molecule has 0 spiro atoms. The molecule has 4 rings (SSSR count). The number of hydrogen-bond acceptors (Lipinski definition) is 3. The van der Waals surface area contributed by atoms with Gasteiger partial charge in [-0.1, -0.05) is 72.3 Å². The van der Waals surface area contributed by atoms with Crippen molar-refractivity contribution in [3.05, 3.63) is 94.3 Å². The molecule has 1 aliphatic rings. The van der Waals surface area contributed by atoms with Gasteiger partial charge in [0.1, 0.15) is 12.4 Å². The van der Waals surface area contributed by atoms with Crippen molar-refractivity contribution in [2.45, 2.75) is 12.0 Å². The Balaban J connectivity index is 1.51. The summed E-state index contributed by atoms with van der Waals surface area (Å²) in [5.41, 5.74) is 3.96. The van der Waals surface area contributed by atoms with Gasteiger partial charge in [-0.25, -0.2) is 14.0 Å². The van der Waals surface area contributed by atoms with Crippen molar-refractivity contribution < 1.29 is 23.8 Å². The summed E-state index contributed by atoms with van der Waals surface area (Å²) in [6.45, 7) is 0.0181. The fourth-order valence-electron chi connectivity index (χ4n) is 3.77. The van der Waals surface area contributed by atoms with E-state index in [-0.39, 0.29) is 23.1 Å². The third-order valence-electron chi connectivity index (χ3n) is 5.15. The maximum Gasteiger partial charge on any atom is 0.408 e. The number of carboxylic acids is 1. The largest absolute Gasteiger partial charge is 0.479 e. The van der Waals surface area contributed by atoms with E-state index in [4.69, 9.17) is 16.3 Å². The molecule has 3 aromatic rings. The number of fused-ring (bicyclic) bond motifs is 3. The third-order valence-corrected chi connectivity index (χ3v) is 5.44. The molecule has 2 N–H and O–H groups in total. The zero-order valence-electron chi connectivity index (χ0n) is 15.6. The van der Waals surface area contributed by atoms with Crippen LogP contribution in [0.1, 0.15) is 28.7 Å². The average molecular weight is 426 g/mol. The smallest absolute Gasteiger partial charge is 0.408 e. The van der Waals surface area contributed by atoms with Crippen LogP contribution in [0.3, 0.4) is 0 Å². The van der Waals surface area contributed by atoms with Gasteiger partial charge < -0.3 is 15.2 Å². The number of rotatable bonds is 5. The van der Waals surface area contributed by atoms with Gasteiger partial charge in [-0.15, -0.1) is 0 Å². The summed E-state index contributed by atoms with van der Waals surface area (Å²) in [4.78, 5) is 24.0. The van der Waals surface area contributed by atoms with Gasteiger partial charge in [0.05, 0.1) is 5.02 Å². The van der Waals surface area contributed by atoms with Crippen molar-refractivity contribution in [3.8, 4) is 11.1 Å². The van der Waals surface area contributed by atoms with E-state index in [1.807, 2.05) is 48.5 Å². The summed E-state index contributed by atoms with van der Waals surface area (Å²) in [5.74, 6) is -2.50. The second-order valence-corrected chi connectivity index (χ2v) is 7.29. The molecule has 0 heterocycles. The molecule has 0 radical (unpaired) electrons. The highest BCUT2D eigenvalue weighted by atomic mass is 35.5. The SMILES string of the molecule is O=C(NC(C(=O)O)c1cccc(Cl)c1F)OCC1c2ccccc2-c2ccccc21. The van der Waals surface area contributed by atoms with Gasteiger partial charge >= 0.3 is 12.1 Å². The number of aliphatic carboxylic acids is 1. The van der Waals surface area contributed by atoms with Crippen LogP contribution in [0.25, 0.3) is 11.1 Å².